The number of piperazine rings is 1. The Bertz CT molecular complexity index is 624. The van der Waals surface area contributed by atoms with Crippen LogP contribution in [0, 0.1) is 0 Å². The smallest absolute Gasteiger partial charge is 0.416 e. The summed E-state index contributed by atoms with van der Waals surface area (Å²) in [5.41, 5.74) is 0.0602. The van der Waals surface area contributed by atoms with Crippen LogP contribution in [-0.2, 0) is 17.5 Å². The number of carbonyl (C=O) groups is 1. The molecule has 0 aromatic heterocycles. The van der Waals surface area contributed by atoms with Crippen LogP contribution in [0.25, 0.3) is 0 Å². The first-order chi connectivity index (χ1) is 12.3. The van der Waals surface area contributed by atoms with Gasteiger partial charge < -0.3 is 19.9 Å². The molecule has 1 aliphatic heterocycles. The molecule has 0 atom stereocenters. The molecule has 1 saturated heterocycles. The molecule has 0 unspecified atom stereocenters. The minimum Gasteiger partial charge on any atom is -0.450 e. The van der Waals surface area contributed by atoms with Crippen molar-refractivity contribution >= 4 is 12.1 Å². The fourth-order valence-electron chi connectivity index (χ4n) is 2.64. The molecule has 0 bridgehead atoms. The van der Waals surface area contributed by atoms with E-state index in [9.17, 15) is 18.0 Å². The van der Waals surface area contributed by atoms with Gasteiger partial charge in [-0.3, -0.25) is 4.99 Å². The van der Waals surface area contributed by atoms with E-state index in [1.807, 2.05) is 4.90 Å². The molecule has 1 fully saturated rings. The number of halogens is 3. The van der Waals surface area contributed by atoms with Gasteiger partial charge in [0.2, 0.25) is 0 Å². The number of aliphatic imine (C=N–C) groups is 1. The zero-order valence-corrected chi connectivity index (χ0v) is 14.8. The molecule has 1 aromatic carbocycles. The number of nitrogens with zero attached hydrogens (tertiary/aromatic N) is 3. The lowest BCUT2D eigenvalue weighted by Crippen LogP contribution is -2.53. The Morgan fingerprint density at radius 3 is 2.23 bits per heavy atom. The number of carbonyl (C=O) groups excluding carboxylic acids is 1. The Labute approximate surface area is 150 Å². The lowest BCUT2D eigenvalue weighted by atomic mass is 10.1. The van der Waals surface area contributed by atoms with Gasteiger partial charge >= 0.3 is 12.3 Å². The predicted molar refractivity (Wildman–Crippen MR) is 91.8 cm³/mol. The number of amides is 1. The van der Waals surface area contributed by atoms with Gasteiger partial charge in [-0.15, -0.1) is 0 Å². The third kappa shape index (κ3) is 5.27. The highest BCUT2D eigenvalue weighted by atomic mass is 19.4. The normalized spacial score (nSPS) is 15.8. The van der Waals surface area contributed by atoms with Gasteiger partial charge in [0.05, 0.1) is 12.2 Å². The average molecular weight is 372 g/mol. The van der Waals surface area contributed by atoms with E-state index in [2.05, 4.69) is 10.3 Å². The highest BCUT2D eigenvalue weighted by molar-refractivity contribution is 5.80. The molecule has 6 nitrogen and oxygen atoms in total. The second kappa shape index (κ2) is 8.77. The number of alkyl halides is 3. The maximum absolute atomic E-state index is 12.6. The summed E-state index contributed by atoms with van der Waals surface area (Å²) >= 11 is 0. The van der Waals surface area contributed by atoms with Crippen LogP contribution in [-0.4, -0.2) is 61.7 Å². The lowest BCUT2D eigenvalue weighted by molar-refractivity contribution is -0.137. The highest BCUT2D eigenvalue weighted by Gasteiger charge is 2.30. The van der Waals surface area contributed by atoms with Crippen LogP contribution in [0.15, 0.2) is 29.3 Å². The van der Waals surface area contributed by atoms with Gasteiger partial charge in [0.25, 0.3) is 0 Å². The fraction of sp³-hybridized carbons (Fsp3) is 0.529. The van der Waals surface area contributed by atoms with E-state index in [1.54, 1.807) is 18.9 Å². The number of benzene rings is 1. The van der Waals surface area contributed by atoms with Crippen LogP contribution in [0.1, 0.15) is 18.1 Å². The molecular formula is C17H23F3N4O2. The van der Waals surface area contributed by atoms with Gasteiger partial charge in [-0.25, -0.2) is 4.79 Å². The minimum atomic E-state index is -4.33. The maximum Gasteiger partial charge on any atom is 0.416 e. The van der Waals surface area contributed by atoms with Gasteiger partial charge in [0.1, 0.15) is 0 Å². The monoisotopic (exact) mass is 372 g/mol. The standard InChI is InChI=1S/C17H23F3N4O2/c1-3-26-16(25)24-10-8-23(9-11-24)15(21-2)22-12-13-4-6-14(7-5-13)17(18,19)20/h4-7H,3,8-12H2,1-2H3,(H,21,22). The molecule has 0 aliphatic carbocycles. The SMILES string of the molecule is CCOC(=O)N1CCN(C(=NC)NCc2ccc(C(F)(F)F)cc2)CC1. The summed E-state index contributed by atoms with van der Waals surface area (Å²) in [6.45, 7) is 4.73. The second-order valence-electron chi connectivity index (χ2n) is 5.77. The van der Waals surface area contributed by atoms with Crippen molar-refractivity contribution in [2.75, 3.05) is 39.8 Å². The Morgan fingerprint density at radius 2 is 1.73 bits per heavy atom. The van der Waals surface area contributed by atoms with Gasteiger partial charge in [-0.05, 0) is 24.6 Å². The molecule has 1 amide bonds. The van der Waals surface area contributed by atoms with Crippen molar-refractivity contribution in [1.82, 2.24) is 15.1 Å². The summed E-state index contributed by atoms with van der Waals surface area (Å²) in [4.78, 5) is 19.6. The summed E-state index contributed by atoms with van der Waals surface area (Å²) in [7, 11) is 1.65. The van der Waals surface area contributed by atoms with Crippen LogP contribution in [0.4, 0.5) is 18.0 Å². The largest absolute Gasteiger partial charge is 0.450 e. The molecule has 9 heteroatoms. The number of rotatable bonds is 3. The first-order valence-electron chi connectivity index (χ1n) is 8.38. The summed E-state index contributed by atoms with van der Waals surface area (Å²) in [6, 6.07) is 5.03. The molecular weight excluding hydrogens is 349 g/mol. The van der Waals surface area contributed by atoms with Crippen LogP contribution in [0.5, 0.6) is 0 Å². The minimum absolute atomic E-state index is 0.320. The van der Waals surface area contributed by atoms with Crippen molar-refractivity contribution in [3.05, 3.63) is 35.4 Å². The van der Waals surface area contributed by atoms with Crippen molar-refractivity contribution in [2.24, 2.45) is 4.99 Å². The summed E-state index contributed by atoms with van der Waals surface area (Å²) in [5, 5.41) is 3.14. The first-order valence-corrected chi connectivity index (χ1v) is 8.38. The molecule has 0 saturated carbocycles. The Morgan fingerprint density at radius 1 is 1.15 bits per heavy atom. The van der Waals surface area contributed by atoms with Gasteiger partial charge in [-0.1, -0.05) is 12.1 Å². The van der Waals surface area contributed by atoms with Crippen LogP contribution in [0.3, 0.4) is 0 Å². The van der Waals surface area contributed by atoms with Crippen molar-refractivity contribution < 1.29 is 22.7 Å². The van der Waals surface area contributed by atoms with Crippen molar-refractivity contribution in [3.8, 4) is 0 Å². The van der Waals surface area contributed by atoms with E-state index >= 15 is 0 Å². The van der Waals surface area contributed by atoms with Crippen LogP contribution < -0.4 is 5.32 Å². The number of guanidine groups is 1. The molecule has 1 N–H and O–H groups in total. The summed E-state index contributed by atoms with van der Waals surface area (Å²) in [6.07, 6.45) is -4.65. The molecule has 0 spiro atoms. The number of ether oxygens (including phenoxy) is 1. The predicted octanol–water partition coefficient (Wildman–Crippen LogP) is 2.55. The molecule has 1 aromatic rings. The van der Waals surface area contributed by atoms with E-state index in [1.165, 1.54) is 12.1 Å². The summed E-state index contributed by atoms with van der Waals surface area (Å²) < 4.78 is 42.8. The Hall–Kier alpha value is -2.45. The maximum atomic E-state index is 12.6. The number of hydrogen-bond acceptors (Lipinski definition) is 3. The third-order valence-electron chi connectivity index (χ3n) is 4.05. The average Bonchev–Trinajstić information content (AvgIpc) is 2.62. The van der Waals surface area contributed by atoms with E-state index in [0.29, 0.717) is 45.3 Å². The topological polar surface area (TPSA) is 57.2 Å². The molecule has 1 heterocycles. The molecule has 0 radical (unpaired) electrons. The van der Waals surface area contributed by atoms with Crippen LogP contribution in [0.2, 0.25) is 0 Å². The van der Waals surface area contributed by atoms with Gasteiger partial charge in [0.15, 0.2) is 5.96 Å². The molecule has 1 aliphatic rings. The van der Waals surface area contributed by atoms with E-state index in [4.69, 9.17) is 4.74 Å². The van der Waals surface area contributed by atoms with Crippen molar-refractivity contribution in [1.29, 1.82) is 0 Å². The van der Waals surface area contributed by atoms with Gasteiger partial charge in [-0.2, -0.15) is 13.2 Å². The third-order valence-corrected chi connectivity index (χ3v) is 4.05. The number of nitrogens with one attached hydrogen (secondary N) is 1. The Balaban J connectivity index is 1.86. The quantitative estimate of drug-likeness (QED) is 0.655. The van der Waals surface area contributed by atoms with Crippen molar-refractivity contribution in [2.45, 2.75) is 19.6 Å². The molecule has 144 valence electrons. The van der Waals surface area contributed by atoms with Crippen LogP contribution >= 0.6 is 0 Å². The van der Waals surface area contributed by atoms with E-state index < -0.39 is 11.7 Å². The van der Waals surface area contributed by atoms with Crippen molar-refractivity contribution in [3.63, 3.8) is 0 Å². The van der Waals surface area contributed by atoms with Gasteiger partial charge in [0, 0.05) is 39.8 Å². The molecule has 2 rings (SSSR count). The highest BCUT2D eigenvalue weighted by Crippen LogP contribution is 2.29. The summed E-state index contributed by atoms with van der Waals surface area (Å²) in [5.74, 6) is 0.647. The molecule has 26 heavy (non-hydrogen) atoms. The zero-order chi connectivity index (χ0) is 19.2. The first kappa shape index (κ1) is 19.9. The van der Waals surface area contributed by atoms with E-state index in [-0.39, 0.29) is 6.09 Å². The number of hydrogen-bond donors (Lipinski definition) is 1. The Kier molecular flexibility index (Phi) is 6.70. The zero-order valence-electron chi connectivity index (χ0n) is 14.8. The van der Waals surface area contributed by atoms with E-state index in [0.717, 1.165) is 17.7 Å². The second-order valence-corrected chi connectivity index (χ2v) is 5.77. The fourth-order valence-corrected chi connectivity index (χ4v) is 2.64. The lowest BCUT2D eigenvalue weighted by Gasteiger charge is -2.35.